The average Bonchev–Trinajstić information content (AvgIpc) is 4.11. The second-order valence-electron chi connectivity index (χ2n) is 16.4. The molecule has 0 bridgehead atoms. The van der Waals surface area contributed by atoms with Crippen LogP contribution in [0.1, 0.15) is 0 Å². The summed E-state index contributed by atoms with van der Waals surface area (Å²) in [5.74, 6) is 1.67. The molecule has 298 valence electrons. The van der Waals surface area contributed by atoms with Crippen molar-refractivity contribution >= 4 is 87.4 Å². The Kier molecular flexibility index (Phi) is 7.27. The predicted molar refractivity (Wildman–Crippen MR) is 261 cm³/mol. The van der Waals surface area contributed by atoms with Gasteiger partial charge in [0.25, 0.3) is 0 Å². The van der Waals surface area contributed by atoms with Crippen molar-refractivity contribution < 1.29 is 4.42 Å². The number of benzene rings is 9. The lowest BCUT2D eigenvalue weighted by Crippen LogP contribution is -2.07. The largest absolute Gasteiger partial charge is 0.456 e. The van der Waals surface area contributed by atoms with Gasteiger partial charge in [-0.2, -0.15) is 9.97 Å². The fraction of sp³-hybridized carbons (Fsp3) is 0. The molecule has 5 heterocycles. The van der Waals surface area contributed by atoms with Gasteiger partial charge in [-0.05, 0) is 60.7 Å². The lowest BCUT2D eigenvalue weighted by molar-refractivity contribution is 0.669. The molecule has 14 rings (SSSR count). The minimum atomic E-state index is 0.524. The Bertz CT molecular complexity index is 4140. The molecule has 0 aliphatic carbocycles. The Morgan fingerprint density at radius 2 is 0.875 bits per heavy atom. The molecule has 0 saturated carbocycles. The minimum absolute atomic E-state index is 0.524. The lowest BCUT2D eigenvalue weighted by Gasteiger charge is -2.13. The first kappa shape index (κ1) is 34.9. The maximum atomic E-state index is 6.39. The van der Waals surface area contributed by atoms with E-state index in [1.54, 1.807) is 0 Å². The van der Waals surface area contributed by atoms with Crippen LogP contribution in [0.5, 0.6) is 0 Å². The van der Waals surface area contributed by atoms with Crippen molar-refractivity contribution in [2.24, 2.45) is 0 Å². The molecule has 0 radical (unpaired) electrons. The highest BCUT2D eigenvalue weighted by Crippen LogP contribution is 2.43. The molecule has 0 fully saturated rings. The highest BCUT2D eigenvalue weighted by molar-refractivity contribution is 6.24. The van der Waals surface area contributed by atoms with E-state index in [9.17, 15) is 0 Å². The van der Waals surface area contributed by atoms with Crippen molar-refractivity contribution in [2.45, 2.75) is 0 Å². The van der Waals surface area contributed by atoms with Gasteiger partial charge < -0.3 is 13.6 Å². The summed E-state index contributed by atoms with van der Waals surface area (Å²) in [5.41, 5.74) is 12.0. The number of fused-ring (bicyclic) bond motifs is 13. The van der Waals surface area contributed by atoms with Crippen LogP contribution >= 0.6 is 0 Å². The molecule has 0 saturated heterocycles. The van der Waals surface area contributed by atoms with E-state index in [1.165, 1.54) is 16.2 Å². The molecule has 0 N–H and O–H groups in total. The minimum Gasteiger partial charge on any atom is -0.456 e. The van der Waals surface area contributed by atoms with E-state index in [1.807, 2.05) is 48.5 Å². The third kappa shape index (κ3) is 4.94. The van der Waals surface area contributed by atoms with Crippen LogP contribution in [0.4, 0.5) is 0 Å². The Labute approximate surface area is 365 Å². The van der Waals surface area contributed by atoms with Crippen LogP contribution in [0.2, 0.25) is 0 Å². The Hall–Kier alpha value is -8.81. The summed E-state index contributed by atoms with van der Waals surface area (Å²) in [5, 5.41) is 8.93. The quantitative estimate of drug-likeness (QED) is 0.173. The third-order valence-electron chi connectivity index (χ3n) is 12.9. The maximum absolute atomic E-state index is 6.39. The number of furan rings is 1. The second kappa shape index (κ2) is 13.3. The van der Waals surface area contributed by atoms with Crippen LogP contribution in [0.3, 0.4) is 0 Å². The molecule has 9 aromatic carbocycles. The van der Waals surface area contributed by atoms with Crippen LogP contribution < -0.4 is 0 Å². The van der Waals surface area contributed by atoms with Gasteiger partial charge in [-0.15, -0.1) is 0 Å². The summed E-state index contributed by atoms with van der Waals surface area (Å²) in [6.45, 7) is 0. The first-order chi connectivity index (χ1) is 31.8. The Morgan fingerprint density at radius 3 is 1.61 bits per heavy atom. The standard InChI is InChI=1S/C57H34N6O/c1-3-16-35(17-4-1)55-58-56(44-24-15-29-51-52(44)43-23-10-14-28-50(43)64-51)60-57(59-55)63-49-33-30-37(61-46-25-11-7-20-38(46)39-21-8-12-26-47(39)61)34-45(49)42-32-31-41-40-22-9-13-27-48(40)62(53(41)54(42)63)36-18-5-2-6-19-36/h1-34H. The molecular weight excluding hydrogens is 785 g/mol. The van der Waals surface area contributed by atoms with E-state index >= 15 is 0 Å². The van der Waals surface area contributed by atoms with Gasteiger partial charge >= 0.3 is 0 Å². The average molecular weight is 819 g/mol. The third-order valence-corrected chi connectivity index (χ3v) is 12.9. The second-order valence-corrected chi connectivity index (χ2v) is 16.4. The maximum Gasteiger partial charge on any atom is 0.238 e. The van der Waals surface area contributed by atoms with Crippen molar-refractivity contribution in [1.29, 1.82) is 0 Å². The van der Waals surface area contributed by atoms with E-state index < -0.39 is 0 Å². The van der Waals surface area contributed by atoms with Gasteiger partial charge in [-0.25, -0.2) is 4.98 Å². The van der Waals surface area contributed by atoms with Gasteiger partial charge in [0, 0.05) is 65.6 Å². The highest BCUT2D eigenvalue weighted by Gasteiger charge is 2.25. The summed E-state index contributed by atoms with van der Waals surface area (Å²) in [6, 6.07) is 72.5. The number of rotatable bonds is 5. The molecule has 0 amide bonds. The van der Waals surface area contributed by atoms with Gasteiger partial charge in [-0.3, -0.25) is 4.57 Å². The summed E-state index contributed by atoms with van der Waals surface area (Å²) in [7, 11) is 0. The smallest absolute Gasteiger partial charge is 0.238 e. The zero-order valence-corrected chi connectivity index (χ0v) is 34.2. The topological polar surface area (TPSA) is 66.6 Å². The normalized spacial score (nSPS) is 12.1. The fourth-order valence-corrected chi connectivity index (χ4v) is 10.2. The molecule has 0 unspecified atom stereocenters. The number of aromatic nitrogens is 6. The van der Waals surface area contributed by atoms with E-state index in [2.05, 4.69) is 171 Å². The van der Waals surface area contributed by atoms with E-state index in [0.717, 1.165) is 93.7 Å². The summed E-state index contributed by atoms with van der Waals surface area (Å²) < 4.78 is 13.4. The van der Waals surface area contributed by atoms with E-state index in [-0.39, 0.29) is 0 Å². The molecule has 64 heavy (non-hydrogen) atoms. The van der Waals surface area contributed by atoms with Crippen molar-refractivity contribution in [3.63, 3.8) is 0 Å². The van der Waals surface area contributed by atoms with Crippen LogP contribution in [0.15, 0.2) is 211 Å². The van der Waals surface area contributed by atoms with Crippen LogP contribution in [0.25, 0.3) is 127 Å². The van der Waals surface area contributed by atoms with Crippen molar-refractivity contribution in [1.82, 2.24) is 28.7 Å². The van der Waals surface area contributed by atoms with Gasteiger partial charge in [-0.1, -0.05) is 146 Å². The van der Waals surface area contributed by atoms with Crippen LogP contribution in [-0.2, 0) is 0 Å². The lowest BCUT2D eigenvalue weighted by atomic mass is 10.1. The number of nitrogens with zero attached hydrogens (tertiary/aromatic N) is 6. The molecule has 7 nitrogen and oxygen atoms in total. The predicted octanol–water partition coefficient (Wildman–Crippen LogP) is 14.4. The zero-order valence-electron chi connectivity index (χ0n) is 34.2. The molecule has 0 spiro atoms. The van der Waals surface area contributed by atoms with Crippen molar-refractivity contribution in [2.75, 3.05) is 0 Å². The molecular formula is C57H34N6O. The number of hydrogen-bond donors (Lipinski definition) is 0. The summed E-state index contributed by atoms with van der Waals surface area (Å²) in [6.07, 6.45) is 0. The first-order valence-corrected chi connectivity index (χ1v) is 21.5. The Balaban J connectivity index is 1.15. The van der Waals surface area contributed by atoms with Gasteiger partial charge in [0.05, 0.1) is 33.1 Å². The van der Waals surface area contributed by atoms with Crippen LogP contribution in [0, 0.1) is 0 Å². The fourth-order valence-electron chi connectivity index (χ4n) is 10.2. The van der Waals surface area contributed by atoms with E-state index in [4.69, 9.17) is 19.4 Å². The zero-order chi connectivity index (χ0) is 41.9. The Morgan fingerprint density at radius 1 is 0.328 bits per heavy atom. The molecule has 7 heteroatoms. The number of para-hydroxylation sites is 5. The van der Waals surface area contributed by atoms with Gasteiger partial charge in [0.2, 0.25) is 5.95 Å². The van der Waals surface area contributed by atoms with Crippen molar-refractivity contribution in [3.8, 4) is 40.1 Å². The molecule has 0 atom stereocenters. The molecule has 14 aromatic rings. The molecule has 5 aromatic heterocycles. The van der Waals surface area contributed by atoms with Crippen molar-refractivity contribution in [3.05, 3.63) is 206 Å². The van der Waals surface area contributed by atoms with Gasteiger partial charge in [0.1, 0.15) is 11.2 Å². The highest BCUT2D eigenvalue weighted by atomic mass is 16.3. The van der Waals surface area contributed by atoms with Crippen LogP contribution in [-0.4, -0.2) is 28.7 Å². The number of hydrogen-bond acceptors (Lipinski definition) is 4. The summed E-state index contributed by atoms with van der Waals surface area (Å²) in [4.78, 5) is 16.2. The molecule has 0 aliphatic heterocycles. The van der Waals surface area contributed by atoms with Gasteiger partial charge in [0.15, 0.2) is 11.6 Å². The SMILES string of the molecule is c1ccc(-c2nc(-c3cccc4oc5ccccc5c34)nc(-n3c4ccc(-n5c6ccccc6c6ccccc65)cc4c4ccc5c6ccccc6n(-c6ccccc6)c5c43)n2)cc1. The summed E-state index contributed by atoms with van der Waals surface area (Å²) >= 11 is 0. The van der Waals surface area contributed by atoms with E-state index in [0.29, 0.717) is 17.6 Å². The first-order valence-electron chi connectivity index (χ1n) is 21.5. The monoisotopic (exact) mass is 818 g/mol. The molecule has 0 aliphatic rings.